The van der Waals surface area contributed by atoms with E-state index in [0.29, 0.717) is 0 Å². The molecule has 3 rings (SSSR count). The maximum Gasteiger partial charge on any atom is 0.253 e. The van der Waals surface area contributed by atoms with Gasteiger partial charge in [0, 0.05) is 0 Å². The van der Waals surface area contributed by atoms with Crippen molar-refractivity contribution in [3.05, 3.63) is 70.0 Å². The van der Waals surface area contributed by atoms with E-state index in [1.807, 2.05) is 18.2 Å². The Morgan fingerprint density at radius 3 is 2.90 bits per heavy atom. The van der Waals surface area contributed by atoms with Crippen LogP contribution in [0.5, 0.6) is 0 Å². The molecule has 1 unspecified atom stereocenters. The fourth-order valence-corrected chi connectivity index (χ4v) is 2.82. The summed E-state index contributed by atoms with van der Waals surface area (Å²) in [4.78, 5) is 12.2. The van der Waals surface area contributed by atoms with E-state index in [4.69, 9.17) is 11.6 Å². The molecule has 1 aliphatic carbocycles. The molecule has 1 atom stereocenters. The van der Waals surface area contributed by atoms with E-state index >= 15 is 0 Å². The summed E-state index contributed by atoms with van der Waals surface area (Å²) >= 11 is 5.95. The lowest BCUT2D eigenvalue weighted by Gasteiger charge is -2.14. The molecule has 0 heterocycles. The lowest BCUT2D eigenvalue weighted by molar-refractivity contribution is 0.0936. The van der Waals surface area contributed by atoms with Crippen molar-refractivity contribution in [2.45, 2.75) is 18.9 Å². The average Bonchev–Trinajstić information content (AvgIpc) is 2.85. The van der Waals surface area contributed by atoms with Crippen molar-refractivity contribution in [3.8, 4) is 0 Å². The van der Waals surface area contributed by atoms with Crippen LogP contribution >= 0.6 is 11.6 Å². The van der Waals surface area contributed by atoms with E-state index in [1.54, 1.807) is 0 Å². The van der Waals surface area contributed by atoms with Gasteiger partial charge in [0.15, 0.2) is 0 Å². The molecule has 0 aliphatic heterocycles. The molecule has 0 radical (unpaired) electrons. The van der Waals surface area contributed by atoms with Gasteiger partial charge in [0.2, 0.25) is 0 Å². The van der Waals surface area contributed by atoms with Crippen molar-refractivity contribution >= 4 is 17.5 Å². The first-order valence-electron chi connectivity index (χ1n) is 6.49. The molecule has 2 aromatic carbocycles. The number of amides is 1. The van der Waals surface area contributed by atoms with Crippen LogP contribution in [0.1, 0.15) is 33.9 Å². The number of fused-ring (bicyclic) bond motifs is 1. The number of hydrogen-bond acceptors (Lipinski definition) is 1. The summed E-state index contributed by atoms with van der Waals surface area (Å²) in [6, 6.07) is 11.8. The second kappa shape index (κ2) is 5.25. The van der Waals surface area contributed by atoms with Gasteiger partial charge in [-0.25, -0.2) is 4.39 Å². The lowest BCUT2D eigenvalue weighted by atomic mass is 10.1. The number of aryl methyl sites for hydroxylation is 1. The molecule has 1 amide bonds. The highest BCUT2D eigenvalue weighted by atomic mass is 35.5. The van der Waals surface area contributed by atoms with E-state index in [9.17, 15) is 9.18 Å². The molecule has 0 saturated carbocycles. The van der Waals surface area contributed by atoms with Gasteiger partial charge in [0.05, 0.1) is 16.6 Å². The number of rotatable bonds is 2. The number of benzene rings is 2. The predicted molar refractivity (Wildman–Crippen MR) is 76.4 cm³/mol. The third-order valence-electron chi connectivity index (χ3n) is 3.61. The second-order valence-corrected chi connectivity index (χ2v) is 5.29. The molecule has 2 aromatic rings. The predicted octanol–water partition coefficient (Wildman–Crippen LogP) is 3.90. The molecule has 102 valence electrons. The normalized spacial score (nSPS) is 16.8. The molecule has 0 fully saturated rings. The Hall–Kier alpha value is -1.87. The van der Waals surface area contributed by atoms with Crippen LogP contribution in [-0.2, 0) is 6.42 Å². The van der Waals surface area contributed by atoms with E-state index in [0.717, 1.165) is 18.4 Å². The van der Waals surface area contributed by atoms with Gasteiger partial charge in [-0.15, -0.1) is 0 Å². The molecule has 20 heavy (non-hydrogen) atoms. The summed E-state index contributed by atoms with van der Waals surface area (Å²) in [5.41, 5.74) is 2.56. The summed E-state index contributed by atoms with van der Waals surface area (Å²) in [7, 11) is 0. The highest BCUT2D eigenvalue weighted by Gasteiger charge is 2.24. The van der Waals surface area contributed by atoms with E-state index in [-0.39, 0.29) is 22.5 Å². The van der Waals surface area contributed by atoms with Crippen LogP contribution < -0.4 is 5.32 Å². The topological polar surface area (TPSA) is 29.1 Å². The van der Waals surface area contributed by atoms with Crippen molar-refractivity contribution in [2.75, 3.05) is 0 Å². The highest BCUT2D eigenvalue weighted by molar-refractivity contribution is 6.33. The molecular weight excluding hydrogens is 277 g/mol. The Morgan fingerprint density at radius 2 is 2.05 bits per heavy atom. The van der Waals surface area contributed by atoms with Crippen LogP contribution in [0.3, 0.4) is 0 Å². The van der Waals surface area contributed by atoms with E-state index in [2.05, 4.69) is 11.4 Å². The Bertz CT molecular complexity index is 671. The largest absolute Gasteiger partial charge is 0.345 e. The lowest BCUT2D eigenvalue weighted by Crippen LogP contribution is -2.27. The van der Waals surface area contributed by atoms with E-state index in [1.165, 1.54) is 23.8 Å². The van der Waals surface area contributed by atoms with Crippen LogP contribution in [0, 0.1) is 5.82 Å². The first-order valence-corrected chi connectivity index (χ1v) is 6.86. The maximum absolute atomic E-state index is 13.2. The zero-order chi connectivity index (χ0) is 14.1. The summed E-state index contributed by atoms with van der Waals surface area (Å²) in [6.07, 6.45) is 1.80. The third kappa shape index (κ3) is 2.41. The zero-order valence-electron chi connectivity index (χ0n) is 10.7. The van der Waals surface area contributed by atoms with Crippen molar-refractivity contribution in [2.24, 2.45) is 0 Å². The highest BCUT2D eigenvalue weighted by Crippen LogP contribution is 2.31. The molecular formula is C16H13ClFNO. The monoisotopic (exact) mass is 289 g/mol. The van der Waals surface area contributed by atoms with Crippen molar-refractivity contribution in [1.29, 1.82) is 0 Å². The van der Waals surface area contributed by atoms with Crippen LogP contribution in [0.15, 0.2) is 42.5 Å². The molecule has 0 spiro atoms. The van der Waals surface area contributed by atoms with Crippen molar-refractivity contribution in [1.82, 2.24) is 5.32 Å². The van der Waals surface area contributed by atoms with Crippen LogP contribution in [-0.4, -0.2) is 5.91 Å². The van der Waals surface area contributed by atoms with Crippen LogP contribution in [0.4, 0.5) is 4.39 Å². The number of carbonyl (C=O) groups is 1. The third-order valence-corrected chi connectivity index (χ3v) is 3.94. The number of halogens is 2. The van der Waals surface area contributed by atoms with Gasteiger partial charge in [0.1, 0.15) is 5.82 Å². The van der Waals surface area contributed by atoms with Crippen molar-refractivity contribution in [3.63, 3.8) is 0 Å². The Morgan fingerprint density at radius 1 is 1.25 bits per heavy atom. The number of carbonyl (C=O) groups excluding carboxylic acids is 1. The fraction of sp³-hybridized carbons (Fsp3) is 0.188. The molecule has 0 bridgehead atoms. The van der Waals surface area contributed by atoms with Crippen LogP contribution in [0.25, 0.3) is 0 Å². The fourth-order valence-electron chi connectivity index (χ4n) is 2.61. The summed E-state index contributed by atoms with van der Waals surface area (Å²) in [6.45, 7) is 0. The quantitative estimate of drug-likeness (QED) is 0.893. The summed E-state index contributed by atoms with van der Waals surface area (Å²) in [5, 5.41) is 3.19. The summed E-state index contributed by atoms with van der Waals surface area (Å²) < 4.78 is 13.2. The minimum Gasteiger partial charge on any atom is -0.345 e. The first kappa shape index (κ1) is 13.1. The molecule has 1 aliphatic rings. The van der Waals surface area contributed by atoms with Gasteiger partial charge in [-0.05, 0) is 42.2 Å². The molecule has 1 N–H and O–H groups in total. The Balaban J connectivity index is 1.82. The standard InChI is InChI=1S/C16H13ClFNO/c17-14-7-6-11(18)9-13(14)16(20)19-15-8-5-10-3-1-2-4-12(10)15/h1-4,6-7,9,15H,5,8H2,(H,19,20). The molecule has 0 aromatic heterocycles. The maximum atomic E-state index is 13.2. The number of nitrogens with one attached hydrogen (secondary N) is 1. The SMILES string of the molecule is O=C(NC1CCc2ccccc21)c1cc(F)ccc1Cl. The molecule has 2 nitrogen and oxygen atoms in total. The minimum absolute atomic E-state index is 0.0296. The minimum atomic E-state index is -0.466. The van der Waals surface area contributed by atoms with Gasteiger partial charge in [-0.3, -0.25) is 4.79 Å². The van der Waals surface area contributed by atoms with E-state index < -0.39 is 5.82 Å². The van der Waals surface area contributed by atoms with Crippen molar-refractivity contribution < 1.29 is 9.18 Å². The van der Waals surface area contributed by atoms with Crippen LogP contribution in [0.2, 0.25) is 5.02 Å². The Kier molecular flexibility index (Phi) is 3.45. The molecule has 0 saturated heterocycles. The number of hydrogen-bond donors (Lipinski definition) is 1. The van der Waals surface area contributed by atoms with Gasteiger partial charge in [0.25, 0.3) is 5.91 Å². The first-order chi connectivity index (χ1) is 9.65. The molecule has 4 heteroatoms. The summed E-state index contributed by atoms with van der Waals surface area (Å²) in [5.74, 6) is -0.803. The van der Waals surface area contributed by atoms with Gasteiger partial charge in [-0.1, -0.05) is 35.9 Å². The Labute approximate surface area is 121 Å². The van der Waals surface area contributed by atoms with Gasteiger partial charge in [-0.2, -0.15) is 0 Å². The second-order valence-electron chi connectivity index (χ2n) is 4.89. The average molecular weight is 290 g/mol. The van der Waals surface area contributed by atoms with Gasteiger partial charge >= 0.3 is 0 Å². The zero-order valence-corrected chi connectivity index (χ0v) is 11.5. The smallest absolute Gasteiger partial charge is 0.253 e. The van der Waals surface area contributed by atoms with Gasteiger partial charge < -0.3 is 5.32 Å².